The van der Waals surface area contributed by atoms with E-state index in [4.69, 9.17) is 4.74 Å². The molecule has 0 aliphatic heterocycles. The van der Waals surface area contributed by atoms with Gasteiger partial charge >= 0.3 is 0 Å². The van der Waals surface area contributed by atoms with Crippen molar-refractivity contribution in [3.63, 3.8) is 0 Å². The summed E-state index contributed by atoms with van der Waals surface area (Å²) in [6, 6.07) is 18.2. The van der Waals surface area contributed by atoms with Crippen LogP contribution in [0.5, 0.6) is 5.75 Å². The van der Waals surface area contributed by atoms with Gasteiger partial charge in [0.1, 0.15) is 5.75 Å². The van der Waals surface area contributed by atoms with E-state index in [0.29, 0.717) is 0 Å². The Kier molecular flexibility index (Phi) is 3.87. The van der Waals surface area contributed by atoms with E-state index in [2.05, 4.69) is 39.8 Å². The molecule has 0 fully saturated rings. The van der Waals surface area contributed by atoms with Gasteiger partial charge in [-0.05, 0) is 24.3 Å². The van der Waals surface area contributed by atoms with Crippen LogP contribution in [0.25, 0.3) is 11.3 Å². The van der Waals surface area contributed by atoms with Gasteiger partial charge < -0.3 is 10.1 Å². The normalized spacial score (nSPS) is 10.3. The number of ether oxygens (including phenoxy) is 1. The summed E-state index contributed by atoms with van der Waals surface area (Å²) in [4.78, 5) is 0. The highest BCUT2D eigenvalue weighted by Gasteiger charge is 2.03. The number of aromatic amines is 1. The molecule has 0 atom stereocenters. The van der Waals surface area contributed by atoms with E-state index in [1.165, 1.54) is 0 Å². The Morgan fingerprint density at radius 1 is 1.10 bits per heavy atom. The van der Waals surface area contributed by atoms with E-state index in [9.17, 15) is 0 Å². The van der Waals surface area contributed by atoms with Gasteiger partial charge in [0.2, 0.25) is 0 Å². The maximum Gasteiger partial charge on any atom is 0.123 e. The third-order valence-corrected chi connectivity index (χ3v) is 3.35. The first-order valence-corrected chi connectivity index (χ1v) is 6.82. The van der Waals surface area contributed by atoms with E-state index in [0.717, 1.165) is 34.8 Å². The second kappa shape index (κ2) is 6.13. The standard InChI is InChI=1S/C17H17N3O/c1-21-17-8-3-2-5-14(17)12-18-15-7-4-6-13(11-15)16-9-10-19-20-16/h2-11,18H,12H2,1H3,(H,19,20). The highest BCUT2D eigenvalue weighted by molar-refractivity contribution is 5.64. The Labute approximate surface area is 123 Å². The lowest BCUT2D eigenvalue weighted by atomic mass is 10.1. The smallest absolute Gasteiger partial charge is 0.123 e. The third-order valence-electron chi connectivity index (χ3n) is 3.35. The number of benzene rings is 2. The molecule has 1 aromatic heterocycles. The maximum atomic E-state index is 5.36. The van der Waals surface area contributed by atoms with Crippen molar-refractivity contribution in [2.75, 3.05) is 12.4 Å². The molecule has 0 amide bonds. The van der Waals surface area contributed by atoms with Crippen LogP contribution in [0.15, 0.2) is 60.8 Å². The average Bonchev–Trinajstić information content (AvgIpc) is 3.08. The van der Waals surface area contributed by atoms with Gasteiger partial charge in [0.15, 0.2) is 0 Å². The Morgan fingerprint density at radius 2 is 2.00 bits per heavy atom. The minimum atomic E-state index is 0.719. The zero-order valence-corrected chi connectivity index (χ0v) is 11.8. The SMILES string of the molecule is COc1ccccc1CNc1cccc(-c2ccn[nH]2)c1. The van der Waals surface area contributed by atoms with Gasteiger partial charge in [-0.3, -0.25) is 5.10 Å². The summed E-state index contributed by atoms with van der Waals surface area (Å²) in [5, 5.41) is 10.4. The highest BCUT2D eigenvalue weighted by atomic mass is 16.5. The summed E-state index contributed by atoms with van der Waals surface area (Å²) in [7, 11) is 1.69. The number of rotatable bonds is 5. The second-order valence-electron chi connectivity index (χ2n) is 4.72. The molecule has 2 aromatic carbocycles. The predicted molar refractivity (Wildman–Crippen MR) is 84.3 cm³/mol. The molecule has 0 aliphatic carbocycles. The van der Waals surface area contributed by atoms with Crippen LogP contribution in [0.1, 0.15) is 5.56 Å². The van der Waals surface area contributed by atoms with Crippen LogP contribution < -0.4 is 10.1 Å². The van der Waals surface area contributed by atoms with Gasteiger partial charge in [-0.25, -0.2) is 0 Å². The van der Waals surface area contributed by atoms with Crippen LogP contribution in [-0.4, -0.2) is 17.3 Å². The summed E-state index contributed by atoms with van der Waals surface area (Å²) in [6.07, 6.45) is 1.75. The summed E-state index contributed by atoms with van der Waals surface area (Å²) in [5.74, 6) is 0.898. The molecule has 0 bridgehead atoms. The quantitative estimate of drug-likeness (QED) is 0.748. The van der Waals surface area contributed by atoms with E-state index < -0.39 is 0 Å². The molecule has 106 valence electrons. The lowest BCUT2D eigenvalue weighted by molar-refractivity contribution is 0.410. The van der Waals surface area contributed by atoms with Crippen molar-refractivity contribution in [1.29, 1.82) is 0 Å². The lowest BCUT2D eigenvalue weighted by Crippen LogP contribution is -2.01. The van der Waals surface area contributed by atoms with Crippen molar-refractivity contribution in [1.82, 2.24) is 10.2 Å². The van der Waals surface area contributed by atoms with Crippen LogP contribution in [-0.2, 0) is 6.54 Å². The van der Waals surface area contributed by atoms with Gasteiger partial charge in [0.05, 0.1) is 12.8 Å². The van der Waals surface area contributed by atoms with Crippen LogP contribution in [0, 0.1) is 0 Å². The van der Waals surface area contributed by atoms with Crippen molar-refractivity contribution in [3.05, 3.63) is 66.4 Å². The monoisotopic (exact) mass is 279 g/mol. The zero-order valence-electron chi connectivity index (χ0n) is 11.8. The predicted octanol–water partition coefficient (Wildman–Crippen LogP) is 3.70. The molecule has 4 heteroatoms. The topological polar surface area (TPSA) is 49.9 Å². The van der Waals surface area contributed by atoms with Gasteiger partial charge in [-0.15, -0.1) is 0 Å². The number of hydrogen-bond donors (Lipinski definition) is 2. The molecule has 0 spiro atoms. The van der Waals surface area contributed by atoms with Crippen LogP contribution in [0.2, 0.25) is 0 Å². The Bertz CT molecular complexity index is 708. The maximum absolute atomic E-state index is 5.36. The fourth-order valence-electron chi connectivity index (χ4n) is 2.26. The van der Waals surface area contributed by atoms with Gasteiger partial charge in [0.25, 0.3) is 0 Å². The van der Waals surface area contributed by atoms with Crippen molar-refractivity contribution >= 4 is 5.69 Å². The number of methoxy groups -OCH3 is 1. The molecule has 0 saturated heterocycles. The fourth-order valence-corrected chi connectivity index (χ4v) is 2.26. The molecule has 0 radical (unpaired) electrons. The number of para-hydroxylation sites is 1. The third kappa shape index (κ3) is 3.05. The molecular formula is C17H17N3O. The highest BCUT2D eigenvalue weighted by Crippen LogP contribution is 2.22. The van der Waals surface area contributed by atoms with E-state index in [-0.39, 0.29) is 0 Å². The van der Waals surface area contributed by atoms with Crippen molar-refractivity contribution in [2.45, 2.75) is 6.54 Å². The molecule has 0 saturated carbocycles. The Morgan fingerprint density at radius 3 is 2.81 bits per heavy atom. The average molecular weight is 279 g/mol. The molecule has 2 N–H and O–H groups in total. The first kappa shape index (κ1) is 13.2. The molecule has 4 nitrogen and oxygen atoms in total. The van der Waals surface area contributed by atoms with Gasteiger partial charge in [-0.1, -0.05) is 30.3 Å². The molecule has 3 aromatic rings. The van der Waals surface area contributed by atoms with Crippen LogP contribution in [0.4, 0.5) is 5.69 Å². The van der Waals surface area contributed by atoms with Crippen LogP contribution >= 0.6 is 0 Å². The Balaban J connectivity index is 1.75. The van der Waals surface area contributed by atoms with Gasteiger partial charge in [-0.2, -0.15) is 5.10 Å². The fraction of sp³-hybridized carbons (Fsp3) is 0.118. The molecule has 0 unspecified atom stereocenters. The summed E-state index contributed by atoms with van der Waals surface area (Å²) in [5.41, 5.74) is 4.31. The number of hydrogen-bond acceptors (Lipinski definition) is 3. The number of anilines is 1. The summed E-state index contributed by atoms with van der Waals surface area (Å²) < 4.78 is 5.36. The first-order valence-electron chi connectivity index (χ1n) is 6.82. The van der Waals surface area contributed by atoms with Gasteiger partial charge in [0, 0.05) is 29.6 Å². The largest absolute Gasteiger partial charge is 0.496 e. The molecule has 21 heavy (non-hydrogen) atoms. The van der Waals surface area contributed by atoms with Crippen LogP contribution in [0.3, 0.4) is 0 Å². The first-order chi connectivity index (χ1) is 10.4. The van der Waals surface area contributed by atoms with Crippen molar-refractivity contribution in [3.8, 4) is 17.0 Å². The summed E-state index contributed by atoms with van der Waals surface area (Å²) in [6.45, 7) is 0.719. The number of nitrogens with zero attached hydrogens (tertiary/aromatic N) is 1. The zero-order chi connectivity index (χ0) is 14.5. The van der Waals surface area contributed by atoms with E-state index >= 15 is 0 Å². The van der Waals surface area contributed by atoms with Crippen molar-refractivity contribution < 1.29 is 4.74 Å². The molecule has 3 rings (SSSR count). The lowest BCUT2D eigenvalue weighted by Gasteiger charge is -2.11. The second-order valence-corrected chi connectivity index (χ2v) is 4.72. The summed E-state index contributed by atoms with van der Waals surface area (Å²) >= 11 is 0. The minimum Gasteiger partial charge on any atom is -0.496 e. The molecule has 1 heterocycles. The number of aromatic nitrogens is 2. The molecular weight excluding hydrogens is 262 g/mol. The van der Waals surface area contributed by atoms with Crippen molar-refractivity contribution in [2.24, 2.45) is 0 Å². The minimum absolute atomic E-state index is 0.719. The van der Waals surface area contributed by atoms with E-state index in [1.54, 1.807) is 13.3 Å². The van der Waals surface area contributed by atoms with E-state index in [1.807, 2.05) is 30.3 Å². The number of H-pyrrole nitrogens is 1. The number of nitrogens with one attached hydrogen (secondary N) is 2. The Hall–Kier alpha value is -2.75. The molecule has 0 aliphatic rings.